The predicted octanol–water partition coefficient (Wildman–Crippen LogP) is 0.549. The van der Waals surface area contributed by atoms with E-state index in [0.29, 0.717) is 12.4 Å². The summed E-state index contributed by atoms with van der Waals surface area (Å²) in [4.78, 5) is 2.41. The largest absolute Gasteiger partial charge is 0.387 e. The summed E-state index contributed by atoms with van der Waals surface area (Å²) in [6.07, 6.45) is 5.33. The Kier molecular flexibility index (Phi) is 1.60. The van der Waals surface area contributed by atoms with Crippen LogP contribution in [0.25, 0.3) is 0 Å². The molecule has 2 rings (SSSR count). The first kappa shape index (κ1) is 7.10. The van der Waals surface area contributed by atoms with Crippen molar-refractivity contribution in [2.45, 2.75) is 37.8 Å². The van der Waals surface area contributed by atoms with Crippen LogP contribution in [0.15, 0.2) is 0 Å². The number of nitrogens with one attached hydrogen (secondary N) is 1. The van der Waals surface area contributed by atoms with Gasteiger partial charge in [0.25, 0.3) is 0 Å². The summed E-state index contributed by atoms with van der Waals surface area (Å²) >= 11 is 0. The van der Waals surface area contributed by atoms with Gasteiger partial charge in [0, 0.05) is 12.1 Å². The van der Waals surface area contributed by atoms with Gasteiger partial charge in [-0.05, 0) is 25.7 Å². The van der Waals surface area contributed by atoms with E-state index >= 15 is 0 Å². The highest BCUT2D eigenvalue weighted by Gasteiger charge is 2.38. The van der Waals surface area contributed by atoms with E-state index in [4.69, 9.17) is 11.1 Å². The molecule has 0 aromatic carbocycles. The lowest BCUT2D eigenvalue weighted by Crippen LogP contribution is -2.36. The zero-order chi connectivity index (χ0) is 7.84. The molecular formula is C8H15N3. The molecule has 2 bridgehead atoms. The van der Waals surface area contributed by atoms with Gasteiger partial charge >= 0.3 is 0 Å². The second-order valence-electron chi connectivity index (χ2n) is 3.66. The Balaban J connectivity index is 1.99. The average molecular weight is 153 g/mol. The first-order chi connectivity index (χ1) is 5.27. The van der Waals surface area contributed by atoms with Crippen molar-refractivity contribution < 1.29 is 0 Å². The van der Waals surface area contributed by atoms with Crippen molar-refractivity contribution in [3.05, 3.63) is 0 Å². The van der Waals surface area contributed by atoms with E-state index in [-0.39, 0.29) is 0 Å². The first-order valence-electron chi connectivity index (χ1n) is 4.36. The zero-order valence-corrected chi connectivity index (χ0v) is 6.71. The monoisotopic (exact) mass is 153 g/mol. The van der Waals surface area contributed by atoms with Crippen molar-refractivity contribution in [1.29, 1.82) is 5.41 Å². The highest BCUT2D eigenvalue weighted by Crippen LogP contribution is 2.36. The number of hydrogen-bond donors (Lipinski definition) is 2. The zero-order valence-electron chi connectivity index (χ0n) is 6.71. The Bertz CT molecular complexity index is 158. The minimum Gasteiger partial charge on any atom is -0.387 e. The van der Waals surface area contributed by atoms with Crippen LogP contribution in [0.4, 0.5) is 0 Å². The van der Waals surface area contributed by atoms with Gasteiger partial charge < -0.3 is 5.73 Å². The third-order valence-corrected chi connectivity index (χ3v) is 2.96. The summed E-state index contributed by atoms with van der Waals surface area (Å²) in [5.74, 6) is 0.323. The van der Waals surface area contributed by atoms with E-state index < -0.39 is 0 Å². The van der Waals surface area contributed by atoms with Crippen LogP contribution in [0.1, 0.15) is 25.7 Å². The summed E-state index contributed by atoms with van der Waals surface area (Å²) in [6, 6.07) is 1.51. The molecule has 2 heterocycles. The van der Waals surface area contributed by atoms with Gasteiger partial charge in [-0.1, -0.05) is 0 Å². The predicted molar refractivity (Wildman–Crippen MR) is 44.7 cm³/mol. The molecule has 3 heteroatoms. The molecule has 2 aliphatic rings. The van der Waals surface area contributed by atoms with Crippen molar-refractivity contribution in [1.82, 2.24) is 4.90 Å². The maximum Gasteiger partial charge on any atom is 0.105 e. The number of rotatable bonds is 2. The van der Waals surface area contributed by atoms with Crippen LogP contribution in [0.3, 0.4) is 0 Å². The van der Waals surface area contributed by atoms with Crippen molar-refractivity contribution in [3.63, 3.8) is 0 Å². The van der Waals surface area contributed by atoms with Crippen LogP contribution in [-0.4, -0.2) is 29.4 Å². The Morgan fingerprint density at radius 3 is 2.09 bits per heavy atom. The van der Waals surface area contributed by atoms with Crippen LogP contribution in [-0.2, 0) is 0 Å². The van der Waals surface area contributed by atoms with Crippen LogP contribution < -0.4 is 5.73 Å². The lowest BCUT2D eigenvalue weighted by Gasteiger charge is -2.19. The van der Waals surface area contributed by atoms with Gasteiger partial charge in [-0.3, -0.25) is 10.3 Å². The molecular weight excluding hydrogens is 138 g/mol. The third kappa shape index (κ3) is 1.13. The minimum atomic E-state index is 0.323. The fraction of sp³-hybridized carbons (Fsp3) is 0.875. The second kappa shape index (κ2) is 2.48. The van der Waals surface area contributed by atoms with Gasteiger partial charge in [-0.15, -0.1) is 0 Å². The van der Waals surface area contributed by atoms with Gasteiger partial charge in [-0.25, -0.2) is 0 Å². The third-order valence-electron chi connectivity index (χ3n) is 2.96. The standard InChI is InChI=1S/C8H15N3/c9-8(10)5-11-6-1-2-7(11)4-3-6/h6-7H,1-5H2,(H3,9,10). The first-order valence-corrected chi connectivity index (χ1v) is 4.36. The molecule has 0 amide bonds. The Hall–Kier alpha value is -0.570. The maximum absolute atomic E-state index is 7.20. The molecule has 2 aliphatic heterocycles. The highest BCUT2D eigenvalue weighted by molar-refractivity contribution is 5.79. The summed E-state index contributed by atoms with van der Waals surface area (Å²) in [6.45, 7) is 0.704. The molecule has 11 heavy (non-hydrogen) atoms. The molecule has 2 saturated heterocycles. The topological polar surface area (TPSA) is 53.1 Å². The molecule has 0 aromatic rings. The van der Waals surface area contributed by atoms with Crippen LogP contribution in [0.5, 0.6) is 0 Å². The van der Waals surface area contributed by atoms with Crippen molar-refractivity contribution in [2.24, 2.45) is 5.73 Å². The van der Waals surface area contributed by atoms with Gasteiger partial charge in [-0.2, -0.15) is 0 Å². The lowest BCUT2D eigenvalue weighted by molar-refractivity contribution is 0.289. The fourth-order valence-corrected chi connectivity index (χ4v) is 2.47. The number of nitrogens with zero attached hydrogens (tertiary/aromatic N) is 1. The molecule has 0 aliphatic carbocycles. The number of amidine groups is 1. The average Bonchev–Trinajstić information content (AvgIpc) is 2.48. The Morgan fingerprint density at radius 1 is 1.27 bits per heavy atom. The van der Waals surface area contributed by atoms with E-state index in [1.807, 2.05) is 0 Å². The van der Waals surface area contributed by atoms with Crippen molar-refractivity contribution in [2.75, 3.05) is 6.54 Å². The molecule has 2 fully saturated rings. The number of fused-ring (bicyclic) bond motifs is 2. The van der Waals surface area contributed by atoms with Crippen molar-refractivity contribution in [3.8, 4) is 0 Å². The van der Waals surface area contributed by atoms with Gasteiger partial charge in [0.1, 0.15) is 5.84 Å². The SMILES string of the molecule is N=C(N)CN1C2CCC1CC2. The molecule has 3 N–H and O–H groups in total. The smallest absolute Gasteiger partial charge is 0.105 e. The minimum absolute atomic E-state index is 0.323. The summed E-state index contributed by atoms with van der Waals surface area (Å²) in [7, 11) is 0. The van der Waals surface area contributed by atoms with Gasteiger partial charge in [0.05, 0.1) is 6.54 Å². The van der Waals surface area contributed by atoms with E-state index in [1.54, 1.807) is 0 Å². The fourth-order valence-electron chi connectivity index (χ4n) is 2.47. The van der Waals surface area contributed by atoms with E-state index in [1.165, 1.54) is 25.7 Å². The lowest BCUT2D eigenvalue weighted by atomic mass is 10.0. The second-order valence-corrected chi connectivity index (χ2v) is 3.66. The van der Waals surface area contributed by atoms with Crippen molar-refractivity contribution >= 4 is 5.84 Å². The molecule has 0 atom stereocenters. The van der Waals surface area contributed by atoms with Crippen LogP contribution in [0, 0.1) is 5.41 Å². The van der Waals surface area contributed by atoms with Crippen LogP contribution >= 0.6 is 0 Å². The molecule has 0 saturated carbocycles. The van der Waals surface area contributed by atoms with E-state index in [9.17, 15) is 0 Å². The molecule has 0 spiro atoms. The van der Waals surface area contributed by atoms with Gasteiger partial charge in [0.15, 0.2) is 0 Å². The summed E-state index contributed by atoms with van der Waals surface area (Å²) < 4.78 is 0. The summed E-state index contributed by atoms with van der Waals surface area (Å²) in [5, 5.41) is 7.20. The molecule has 0 unspecified atom stereocenters. The number of hydrogen-bond acceptors (Lipinski definition) is 2. The Morgan fingerprint density at radius 2 is 1.73 bits per heavy atom. The van der Waals surface area contributed by atoms with Gasteiger partial charge in [0.2, 0.25) is 0 Å². The molecule has 3 nitrogen and oxygen atoms in total. The van der Waals surface area contributed by atoms with Crippen LogP contribution in [0.2, 0.25) is 0 Å². The summed E-state index contributed by atoms with van der Waals surface area (Å²) in [5.41, 5.74) is 5.37. The number of nitrogens with two attached hydrogens (primary N) is 1. The normalized spacial score (nSPS) is 36.4. The van der Waals surface area contributed by atoms with E-state index in [0.717, 1.165) is 12.1 Å². The molecule has 0 radical (unpaired) electrons. The quantitative estimate of drug-likeness (QED) is 0.449. The maximum atomic E-state index is 7.20. The molecule has 62 valence electrons. The Labute approximate surface area is 67.1 Å². The van der Waals surface area contributed by atoms with E-state index in [2.05, 4.69) is 4.90 Å². The highest BCUT2D eigenvalue weighted by atomic mass is 15.2. The molecule has 0 aromatic heterocycles.